The Kier molecular flexibility index (Phi) is 3.37. The number of aliphatic hydroxyl groups is 1. The molecule has 1 aromatic heterocycles. The number of benzene rings is 1. The number of aryl methyl sites for hydroxylation is 1. The third-order valence-electron chi connectivity index (χ3n) is 3.53. The highest BCUT2D eigenvalue weighted by Gasteiger charge is 2.28. The van der Waals surface area contributed by atoms with Crippen LogP contribution in [0.4, 0.5) is 0 Å². The van der Waals surface area contributed by atoms with Crippen molar-refractivity contribution in [3.8, 4) is 5.69 Å². The van der Waals surface area contributed by atoms with Crippen LogP contribution in [0, 0.1) is 6.92 Å². The van der Waals surface area contributed by atoms with Gasteiger partial charge in [-0.2, -0.15) is 5.10 Å². The number of nitrogens with zero attached hydrogens (tertiary/aromatic N) is 2. The van der Waals surface area contributed by atoms with Crippen molar-refractivity contribution in [3.05, 3.63) is 45.1 Å². The summed E-state index contributed by atoms with van der Waals surface area (Å²) in [4.78, 5) is 12.0. The Morgan fingerprint density at radius 2 is 2.30 bits per heavy atom. The van der Waals surface area contributed by atoms with Crippen LogP contribution in [-0.2, 0) is 0 Å². The Bertz CT molecular complexity index is 694. The third kappa shape index (κ3) is 2.26. The zero-order valence-electron chi connectivity index (χ0n) is 10.9. The average Bonchev–Trinajstić information content (AvgIpc) is 2.99. The highest BCUT2D eigenvalue weighted by molar-refractivity contribution is 6.31. The van der Waals surface area contributed by atoms with E-state index in [0.29, 0.717) is 29.5 Å². The van der Waals surface area contributed by atoms with E-state index in [-0.39, 0.29) is 11.7 Å². The molecule has 3 rings (SSSR count). The number of β-amino-alcohol motifs (C(OH)–C–C–N with tert-alkyl or cyclic N) is 1. The van der Waals surface area contributed by atoms with Crippen LogP contribution < -0.4 is 11.0 Å². The lowest BCUT2D eigenvalue weighted by atomic mass is 10.2. The fourth-order valence-corrected chi connectivity index (χ4v) is 2.60. The summed E-state index contributed by atoms with van der Waals surface area (Å²) in [5.41, 5.74) is 1.29. The molecule has 1 fully saturated rings. The van der Waals surface area contributed by atoms with Gasteiger partial charge < -0.3 is 10.4 Å². The molecule has 3 N–H and O–H groups in total. The number of H-pyrrole nitrogens is 1. The summed E-state index contributed by atoms with van der Waals surface area (Å²) in [6, 6.07) is 5.28. The molecule has 6 nitrogen and oxygen atoms in total. The molecule has 2 atom stereocenters. The van der Waals surface area contributed by atoms with Crippen LogP contribution in [0.15, 0.2) is 23.0 Å². The molecule has 106 valence electrons. The number of halogens is 1. The van der Waals surface area contributed by atoms with Crippen molar-refractivity contribution < 1.29 is 5.11 Å². The van der Waals surface area contributed by atoms with Crippen molar-refractivity contribution in [2.75, 3.05) is 6.54 Å². The normalized spacial score (nSPS) is 22.4. The SMILES string of the molecule is Cc1ccc(-n2c([C@@H]3C[C@@H](O)CN3)n[nH]c2=O)cc1Cl. The summed E-state index contributed by atoms with van der Waals surface area (Å²) in [6.07, 6.45) is 0.117. The molecule has 0 saturated carbocycles. The Hall–Kier alpha value is -1.63. The number of hydrogen-bond acceptors (Lipinski definition) is 4. The first-order valence-electron chi connectivity index (χ1n) is 6.41. The van der Waals surface area contributed by atoms with Crippen molar-refractivity contribution in [1.82, 2.24) is 20.1 Å². The van der Waals surface area contributed by atoms with E-state index in [1.165, 1.54) is 4.57 Å². The quantitative estimate of drug-likeness (QED) is 0.769. The van der Waals surface area contributed by atoms with E-state index >= 15 is 0 Å². The molecule has 1 aromatic carbocycles. The zero-order valence-corrected chi connectivity index (χ0v) is 11.7. The maximum absolute atomic E-state index is 12.0. The fraction of sp³-hybridized carbons (Fsp3) is 0.385. The molecule has 0 spiro atoms. The maximum atomic E-state index is 12.0. The molecule has 2 aromatic rings. The van der Waals surface area contributed by atoms with Crippen LogP contribution >= 0.6 is 11.6 Å². The molecule has 2 heterocycles. The number of aromatic amines is 1. The Morgan fingerprint density at radius 3 is 2.95 bits per heavy atom. The van der Waals surface area contributed by atoms with Crippen molar-refractivity contribution in [1.29, 1.82) is 0 Å². The van der Waals surface area contributed by atoms with Crippen LogP contribution in [0.3, 0.4) is 0 Å². The number of rotatable bonds is 2. The molecule has 1 saturated heterocycles. The van der Waals surface area contributed by atoms with Gasteiger partial charge in [0, 0.05) is 11.6 Å². The van der Waals surface area contributed by atoms with Gasteiger partial charge in [-0.25, -0.2) is 14.5 Å². The number of aliphatic hydroxyl groups excluding tert-OH is 1. The lowest BCUT2D eigenvalue weighted by molar-refractivity contribution is 0.193. The van der Waals surface area contributed by atoms with Gasteiger partial charge >= 0.3 is 5.69 Å². The van der Waals surface area contributed by atoms with Crippen molar-refractivity contribution in [2.45, 2.75) is 25.5 Å². The van der Waals surface area contributed by atoms with E-state index in [2.05, 4.69) is 15.5 Å². The molecule has 0 amide bonds. The number of hydrogen-bond donors (Lipinski definition) is 3. The summed E-state index contributed by atoms with van der Waals surface area (Å²) in [7, 11) is 0. The summed E-state index contributed by atoms with van der Waals surface area (Å²) in [5, 5.41) is 19.9. The molecule has 0 radical (unpaired) electrons. The van der Waals surface area contributed by atoms with Gasteiger partial charge in [0.15, 0.2) is 5.82 Å². The Labute approximate surface area is 120 Å². The van der Waals surface area contributed by atoms with E-state index in [4.69, 9.17) is 11.6 Å². The monoisotopic (exact) mass is 294 g/mol. The molecule has 1 aliphatic rings. The van der Waals surface area contributed by atoms with Gasteiger partial charge in [-0.15, -0.1) is 0 Å². The minimum absolute atomic E-state index is 0.149. The van der Waals surface area contributed by atoms with Gasteiger partial charge in [0.05, 0.1) is 17.8 Å². The van der Waals surface area contributed by atoms with Gasteiger partial charge in [0.2, 0.25) is 0 Å². The zero-order chi connectivity index (χ0) is 14.3. The van der Waals surface area contributed by atoms with Crippen LogP contribution in [0.5, 0.6) is 0 Å². The summed E-state index contributed by atoms with van der Waals surface area (Å²) < 4.78 is 1.49. The summed E-state index contributed by atoms with van der Waals surface area (Å²) >= 11 is 6.12. The smallest absolute Gasteiger partial charge is 0.347 e. The van der Waals surface area contributed by atoms with Gasteiger partial charge in [-0.1, -0.05) is 17.7 Å². The lowest BCUT2D eigenvalue weighted by Crippen LogP contribution is -2.22. The van der Waals surface area contributed by atoms with Crippen LogP contribution in [-0.4, -0.2) is 32.5 Å². The highest BCUT2D eigenvalue weighted by atomic mass is 35.5. The first kappa shape index (κ1) is 13.4. The topological polar surface area (TPSA) is 82.9 Å². The molecule has 7 heteroatoms. The van der Waals surface area contributed by atoms with E-state index in [1.54, 1.807) is 6.07 Å². The van der Waals surface area contributed by atoms with Gasteiger partial charge in [0.25, 0.3) is 0 Å². The average molecular weight is 295 g/mol. The predicted molar refractivity (Wildman–Crippen MR) is 75.3 cm³/mol. The minimum atomic E-state index is -0.415. The molecule has 0 bridgehead atoms. The van der Waals surface area contributed by atoms with E-state index in [0.717, 1.165) is 5.56 Å². The predicted octanol–water partition coefficient (Wildman–Crippen LogP) is 0.918. The molecule has 1 aliphatic heterocycles. The molecular weight excluding hydrogens is 280 g/mol. The first-order valence-corrected chi connectivity index (χ1v) is 6.79. The van der Waals surface area contributed by atoms with Gasteiger partial charge in [-0.3, -0.25) is 0 Å². The van der Waals surface area contributed by atoms with E-state index in [1.807, 2.05) is 19.1 Å². The number of aromatic nitrogens is 3. The van der Waals surface area contributed by atoms with E-state index in [9.17, 15) is 9.90 Å². The first-order chi connectivity index (χ1) is 9.56. The van der Waals surface area contributed by atoms with Gasteiger partial charge in [-0.05, 0) is 31.0 Å². The minimum Gasteiger partial charge on any atom is -0.392 e. The van der Waals surface area contributed by atoms with Crippen molar-refractivity contribution in [3.63, 3.8) is 0 Å². The summed E-state index contributed by atoms with van der Waals surface area (Å²) in [5.74, 6) is 0.562. The molecule has 20 heavy (non-hydrogen) atoms. The van der Waals surface area contributed by atoms with E-state index < -0.39 is 6.10 Å². The third-order valence-corrected chi connectivity index (χ3v) is 3.94. The standard InChI is InChI=1S/C13H15ClN4O2/c1-7-2-3-8(4-10(7)14)18-12(16-17-13(18)20)11-5-9(19)6-15-11/h2-4,9,11,15,19H,5-6H2,1H3,(H,17,20)/t9-,11+/m1/s1. The fourth-order valence-electron chi connectivity index (χ4n) is 2.43. The Balaban J connectivity index is 2.07. The number of nitrogens with one attached hydrogen (secondary N) is 2. The molecular formula is C13H15ClN4O2. The second-order valence-electron chi connectivity index (χ2n) is 5.01. The van der Waals surface area contributed by atoms with Crippen molar-refractivity contribution >= 4 is 11.6 Å². The van der Waals surface area contributed by atoms with Crippen LogP contribution in [0.2, 0.25) is 5.02 Å². The lowest BCUT2D eigenvalue weighted by Gasteiger charge is -2.12. The maximum Gasteiger partial charge on any atom is 0.347 e. The van der Waals surface area contributed by atoms with Crippen molar-refractivity contribution in [2.24, 2.45) is 0 Å². The second kappa shape index (κ2) is 5.05. The Morgan fingerprint density at radius 1 is 1.50 bits per heavy atom. The second-order valence-corrected chi connectivity index (χ2v) is 5.41. The largest absolute Gasteiger partial charge is 0.392 e. The molecule has 0 aliphatic carbocycles. The van der Waals surface area contributed by atoms with Crippen LogP contribution in [0.25, 0.3) is 5.69 Å². The van der Waals surface area contributed by atoms with Gasteiger partial charge in [0.1, 0.15) is 0 Å². The van der Waals surface area contributed by atoms with Crippen LogP contribution in [0.1, 0.15) is 23.9 Å². The molecule has 0 unspecified atom stereocenters. The summed E-state index contributed by atoms with van der Waals surface area (Å²) in [6.45, 7) is 2.40. The highest BCUT2D eigenvalue weighted by Crippen LogP contribution is 2.24.